The minimum Gasteiger partial charge on any atom is -0.385 e. The van der Waals surface area contributed by atoms with Crippen molar-refractivity contribution in [2.24, 2.45) is 5.92 Å². The molecule has 1 heteroatoms. The summed E-state index contributed by atoms with van der Waals surface area (Å²) in [7, 11) is 1.77. The van der Waals surface area contributed by atoms with Gasteiger partial charge in [-0.25, -0.2) is 0 Å². The fourth-order valence-electron chi connectivity index (χ4n) is 0.691. The topological polar surface area (TPSA) is 9.23 Å². The molecule has 7 heavy (non-hydrogen) atoms. The van der Waals surface area contributed by atoms with Crippen LogP contribution < -0.4 is 0 Å². The molecule has 42 valence electrons. The van der Waals surface area contributed by atoms with Crippen LogP contribution in [0.25, 0.3) is 0 Å². The summed E-state index contributed by atoms with van der Waals surface area (Å²) < 4.78 is 4.89. The number of hydrogen-bond acceptors (Lipinski definition) is 1. The van der Waals surface area contributed by atoms with Gasteiger partial charge in [0.25, 0.3) is 0 Å². The van der Waals surface area contributed by atoms with Crippen LogP contribution in [0.4, 0.5) is 0 Å². The summed E-state index contributed by atoms with van der Waals surface area (Å²) in [5, 5.41) is 0. The van der Waals surface area contributed by atoms with E-state index in [1.807, 2.05) is 0 Å². The van der Waals surface area contributed by atoms with Crippen LogP contribution >= 0.6 is 0 Å². The van der Waals surface area contributed by atoms with Crippen molar-refractivity contribution in [1.82, 2.24) is 0 Å². The van der Waals surface area contributed by atoms with E-state index >= 15 is 0 Å². The maximum atomic E-state index is 4.89. The molecule has 0 saturated heterocycles. The van der Waals surface area contributed by atoms with Gasteiger partial charge in [-0.05, 0) is 12.3 Å². The molecule has 0 aromatic heterocycles. The maximum Gasteiger partial charge on any atom is 0.0464 e. The smallest absolute Gasteiger partial charge is 0.0464 e. The Balaban J connectivity index is 1.80. The number of ether oxygens (including phenoxy) is 1. The van der Waals surface area contributed by atoms with Crippen LogP contribution in [0.15, 0.2) is 0 Å². The third kappa shape index (κ3) is 1.93. The van der Waals surface area contributed by atoms with Crippen LogP contribution in [0.1, 0.15) is 19.3 Å². The molecule has 1 aliphatic rings. The van der Waals surface area contributed by atoms with Gasteiger partial charge in [-0.15, -0.1) is 0 Å². The summed E-state index contributed by atoms with van der Waals surface area (Å²) in [6.07, 6.45) is 4.18. The summed E-state index contributed by atoms with van der Waals surface area (Å²) in [6, 6.07) is 0. The van der Waals surface area contributed by atoms with Gasteiger partial charge in [0.1, 0.15) is 0 Å². The molecule has 1 saturated carbocycles. The lowest BCUT2D eigenvalue weighted by molar-refractivity contribution is 0.190. The lowest BCUT2D eigenvalue weighted by Gasteiger charge is -1.91. The molecule has 0 amide bonds. The first-order valence-corrected chi connectivity index (χ1v) is 2.92. The van der Waals surface area contributed by atoms with Gasteiger partial charge in [0, 0.05) is 13.7 Å². The highest BCUT2D eigenvalue weighted by Crippen LogP contribution is 2.31. The standard InChI is InChI=1S/C6H12O/c1-7-5-4-6-2-3-6/h6H,2-5H2,1H3. The maximum absolute atomic E-state index is 4.89. The highest BCUT2D eigenvalue weighted by atomic mass is 16.5. The SMILES string of the molecule is COCCC1CC1. The molecule has 1 fully saturated rings. The molecule has 1 aliphatic carbocycles. The zero-order valence-corrected chi connectivity index (χ0v) is 4.81. The van der Waals surface area contributed by atoms with Gasteiger partial charge in [-0.3, -0.25) is 0 Å². The Kier molecular flexibility index (Phi) is 1.69. The summed E-state index contributed by atoms with van der Waals surface area (Å²) in [6.45, 7) is 0.963. The second kappa shape index (κ2) is 2.31. The first-order chi connectivity index (χ1) is 3.43. The lowest BCUT2D eigenvalue weighted by atomic mass is 10.3. The summed E-state index contributed by atoms with van der Waals surface area (Å²) in [5.74, 6) is 1.03. The van der Waals surface area contributed by atoms with E-state index in [1.54, 1.807) is 7.11 Å². The average molecular weight is 100 g/mol. The van der Waals surface area contributed by atoms with E-state index in [4.69, 9.17) is 4.74 Å². The van der Waals surface area contributed by atoms with Crippen molar-refractivity contribution in [1.29, 1.82) is 0 Å². The number of methoxy groups -OCH3 is 1. The van der Waals surface area contributed by atoms with Gasteiger partial charge in [0.15, 0.2) is 0 Å². The average Bonchev–Trinajstić information content (AvgIpc) is 2.42. The Morgan fingerprint density at radius 3 is 2.71 bits per heavy atom. The predicted molar refractivity (Wildman–Crippen MR) is 29.2 cm³/mol. The van der Waals surface area contributed by atoms with E-state index in [0.29, 0.717) is 0 Å². The van der Waals surface area contributed by atoms with E-state index in [1.165, 1.54) is 19.3 Å². The van der Waals surface area contributed by atoms with E-state index < -0.39 is 0 Å². The van der Waals surface area contributed by atoms with Crippen LogP contribution in [0.2, 0.25) is 0 Å². The highest BCUT2D eigenvalue weighted by molar-refractivity contribution is 4.71. The van der Waals surface area contributed by atoms with Crippen LogP contribution in [0, 0.1) is 5.92 Å². The van der Waals surface area contributed by atoms with Crippen molar-refractivity contribution >= 4 is 0 Å². The normalized spacial score (nSPS) is 20.1. The van der Waals surface area contributed by atoms with Crippen molar-refractivity contribution < 1.29 is 4.74 Å². The molecule has 0 aliphatic heterocycles. The molecule has 0 aromatic carbocycles. The molecular formula is C6H12O. The van der Waals surface area contributed by atoms with Crippen molar-refractivity contribution in [2.45, 2.75) is 19.3 Å². The highest BCUT2D eigenvalue weighted by Gasteiger charge is 2.19. The Bertz CT molecular complexity index is 48.1. The molecule has 0 bridgehead atoms. The third-order valence-corrected chi connectivity index (χ3v) is 1.43. The molecule has 0 atom stereocenters. The fraction of sp³-hybridized carbons (Fsp3) is 1.00. The van der Waals surface area contributed by atoms with Crippen molar-refractivity contribution in [2.75, 3.05) is 13.7 Å². The first-order valence-electron chi connectivity index (χ1n) is 2.92. The molecular weight excluding hydrogens is 88.1 g/mol. The van der Waals surface area contributed by atoms with Gasteiger partial charge < -0.3 is 4.74 Å². The minimum absolute atomic E-state index is 0.963. The van der Waals surface area contributed by atoms with Gasteiger partial charge in [-0.2, -0.15) is 0 Å². The van der Waals surface area contributed by atoms with Crippen LogP contribution in [0.3, 0.4) is 0 Å². The van der Waals surface area contributed by atoms with Gasteiger partial charge in [0.05, 0.1) is 0 Å². The van der Waals surface area contributed by atoms with E-state index in [2.05, 4.69) is 0 Å². The van der Waals surface area contributed by atoms with Crippen molar-refractivity contribution in [3.8, 4) is 0 Å². The molecule has 0 unspecified atom stereocenters. The summed E-state index contributed by atoms with van der Waals surface area (Å²) in [4.78, 5) is 0. The molecule has 0 spiro atoms. The zero-order chi connectivity index (χ0) is 5.11. The Morgan fingerprint density at radius 2 is 2.29 bits per heavy atom. The monoisotopic (exact) mass is 100 g/mol. The second-order valence-corrected chi connectivity index (χ2v) is 2.22. The lowest BCUT2D eigenvalue weighted by Crippen LogP contribution is -1.87. The van der Waals surface area contributed by atoms with Crippen LogP contribution in [-0.4, -0.2) is 13.7 Å². The molecule has 1 rings (SSSR count). The Labute approximate surface area is 44.7 Å². The van der Waals surface area contributed by atoms with Gasteiger partial charge in [-0.1, -0.05) is 12.8 Å². The van der Waals surface area contributed by atoms with E-state index in [-0.39, 0.29) is 0 Å². The van der Waals surface area contributed by atoms with E-state index in [9.17, 15) is 0 Å². The third-order valence-electron chi connectivity index (χ3n) is 1.43. The number of rotatable bonds is 3. The minimum atomic E-state index is 0.963. The molecule has 0 N–H and O–H groups in total. The fourth-order valence-corrected chi connectivity index (χ4v) is 0.691. The first kappa shape index (κ1) is 5.10. The van der Waals surface area contributed by atoms with Gasteiger partial charge >= 0.3 is 0 Å². The quantitative estimate of drug-likeness (QED) is 0.521. The molecule has 0 radical (unpaired) electrons. The Morgan fingerprint density at radius 1 is 1.57 bits per heavy atom. The second-order valence-electron chi connectivity index (χ2n) is 2.22. The molecule has 1 nitrogen and oxygen atoms in total. The number of hydrogen-bond donors (Lipinski definition) is 0. The van der Waals surface area contributed by atoms with Crippen molar-refractivity contribution in [3.63, 3.8) is 0 Å². The molecule has 0 heterocycles. The van der Waals surface area contributed by atoms with E-state index in [0.717, 1.165) is 12.5 Å². The zero-order valence-electron chi connectivity index (χ0n) is 4.81. The van der Waals surface area contributed by atoms with Crippen LogP contribution in [-0.2, 0) is 4.74 Å². The molecule has 0 aromatic rings. The Hall–Kier alpha value is -0.0400. The largest absolute Gasteiger partial charge is 0.385 e. The summed E-state index contributed by atoms with van der Waals surface area (Å²) >= 11 is 0. The van der Waals surface area contributed by atoms with Gasteiger partial charge in [0.2, 0.25) is 0 Å². The predicted octanol–water partition coefficient (Wildman–Crippen LogP) is 1.43. The summed E-state index contributed by atoms with van der Waals surface area (Å²) in [5.41, 5.74) is 0. The van der Waals surface area contributed by atoms with Crippen LogP contribution in [0.5, 0.6) is 0 Å². The van der Waals surface area contributed by atoms with Crippen molar-refractivity contribution in [3.05, 3.63) is 0 Å².